The smallest absolute Gasteiger partial charge is 0.218 e. The Balaban J connectivity index is 1.31. The van der Waals surface area contributed by atoms with Crippen LogP contribution >= 0.6 is 11.3 Å². The monoisotopic (exact) mass is 397 g/mol. The van der Waals surface area contributed by atoms with Gasteiger partial charge in [0.1, 0.15) is 17.4 Å². The Morgan fingerprint density at radius 3 is 2.79 bits per heavy atom. The maximum Gasteiger partial charge on any atom is 0.218 e. The number of nitrogens with zero attached hydrogens (tertiary/aromatic N) is 4. The van der Waals surface area contributed by atoms with Crippen molar-refractivity contribution in [1.29, 1.82) is 0 Å². The van der Waals surface area contributed by atoms with E-state index >= 15 is 0 Å². The molecule has 8 heteroatoms. The van der Waals surface area contributed by atoms with Crippen molar-refractivity contribution in [2.75, 3.05) is 19.0 Å². The molecule has 1 aliphatic carbocycles. The molecule has 0 spiro atoms. The van der Waals surface area contributed by atoms with Gasteiger partial charge in [-0.05, 0) is 32.4 Å². The van der Waals surface area contributed by atoms with Crippen molar-refractivity contribution in [1.82, 2.24) is 19.9 Å². The summed E-state index contributed by atoms with van der Waals surface area (Å²) in [4.78, 5) is 18.8. The Morgan fingerprint density at radius 2 is 2.07 bits per heavy atom. The van der Waals surface area contributed by atoms with Crippen LogP contribution in [-0.2, 0) is 6.54 Å². The van der Waals surface area contributed by atoms with E-state index in [1.54, 1.807) is 24.6 Å². The van der Waals surface area contributed by atoms with Crippen LogP contribution in [0.3, 0.4) is 0 Å². The minimum absolute atomic E-state index is 0.445. The van der Waals surface area contributed by atoms with Gasteiger partial charge >= 0.3 is 0 Å². The minimum atomic E-state index is 0.445. The molecule has 3 heterocycles. The van der Waals surface area contributed by atoms with E-state index in [1.165, 1.54) is 4.88 Å². The Bertz CT molecular complexity index is 944. The summed E-state index contributed by atoms with van der Waals surface area (Å²) in [6, 6.07) is 5.83. The van der Waals surface area contributed by atoms with Crippen molar-refractivity contribution >= 4 is 17.2 Å². The van der Waals surface area contributed by atoms with Crippen LogP contribution in [0.5, 0.6) is 11.6 Å². The van der Waals surface area contributed by atoms with Gasteiger partial charge in [0.2, 0.25) is 5.88 Å². The van der Waals surface area contributed by atoms with E-state index in [0.717, 1.165) is 28.7 Å². The highest BCUT2D eigenvalue weighted by atomic mass is 32.1. The van der Waals surface area contributed by atoms with Gasteiger partial charge in [-0.3, -0.25) is 4.98 Å². The first-order valence-electron chi connectivity index (χ1n) is 9.24. The molecule has 0 radical (unpaired) electrons. The van der Waals surface area contributed by atoms with Crippen LogP contribution < -0.4 is 14.8 Å². The van der Waals surface area contributed by atoms with E-state index < -0.39 is 0 Å². The highest BCUT2D eigenvalue weighted by Crippen LogP contribution is 2.46. The van der Waals surface area contributed by atoms with Crippen molar-refractivity contribution in [2.24, 2.45) is 5.92 Å². The van der Waals surface area contributed by atoms with Crippen LogP contribution in [0, 0.1) is 19.8 Å². The lowest BCUT2D eigenvalue weighted by molar-refractivity contribution is 0.284. The fraction of sp³-hybridized carbons (Fsp3) is 0.400. The van der Waals surface area contributed by atoms with E-state index in [1.807, 2.05) is 38.2 Å². The quantitative estimate of drug-likeness (QED) is 0.620. The molecule has 146 valence electrons. The van der Waals surface area contributed by atoms with E-state index in [0.29, 0.717) is 36.7 Å². The number of pyridine rings is 1. The number of anilines is 1. The van der Waals surface area contributed by atoms with Gasteiger partial charge in [-0.2, -0.15) is 4.98 Å². The summed E-state index contributed by atoms with van der Waals surface area (Å²) in [7, 11) is 1.65. The second-order valence-electron chi connectivity index (χ2n) is 6.87. The number of ether oxygens (including phenoxy) is 2. The summed E-state index contributed by atoms with van der Waals surface area (Å²) in [5, 5.41) is 4.38. The van der Waals surface area contributed by atoms with E-state index in [4.69, 9.17) is 9.47 Å². The molecule has 7 nitrogen and oxygen atoms in total. The number of thiazole rings is 1. The molecule has 2 unspecified atom stereocenters. The molecule has 0 amide bonds. The summed E-state index contributed by atoms with van der Waals surface area (Å²) in [6.07, 6.45) is 4.74. The summed E-state index contributed by atoms with van der Waals surface area (Å²) < 4.78 is 11.1. The van der Waals surface area contributed by atoms with Crippen molar-refractivity contribution in [3.05, 3.63) is 52.0 Å². The van der Waals surface area contributed by atoms with Crippen molar-refractivity contribution in [3.63, 3.8) is 0 Å². The molecule has 0 aromatic carbocycles. The van der Waals surface area contributed by atoms with Crippen LogP contribution in [0.1, 0.15) is 33.7 Å². The van der Waals surface area contributed by atoms with Gasteiger partial charge in [-0.25, -0.2) is 9.97 Å². The Labute approximate surface area is 168 Å². The predicted molar refractivity (Wildman–Crippen MR) is 108 cm³/mol. The number of hydrogen-bond donors (Lipinski definition) is 1. The fourth-order valence-corrected chi connectivity index (χ4v) is 3.82. The van der Waals surface area contributed by atoms with Gasteiger partial charge in [0.15, 0.2) is 0 Å². The molecule has 28 heavy (non-hydrogen) atoms. The zero-order valence-corrected chi connectivity index (χ0v) is 17.0. The average Bonchev–Trinajstić information content (AvgIpc) is 3.36. The van der Waals surface area contributed by atoms with Gasteiger partial charge in [0, 0.05) is 34.7 Å². The number of aryl methyl sites for hydroxylation is 2. The van der Waals surface area contributed by atoms with E-state index in [2.05, 4.69) is 25.3 Å². The normalized spacial score (nSPS) is 18.0. The number of aromatic nitrogens is 4. The third-order valence-corrected chi connectivity index (χ3v) is 5.58. The van der Waals surface area contributed by atoms with Gasteiger partial charge < -0.3 is 14.8 Å². The summed E-state index contributed by atoms with van der Waals surface area (Å²) in [5.74, 6) is 3.74. The minimum Gasteiger partial charge on any atom is -0.495 e. The lowest BCUT2D eigenvalue weighted by Crippen LogP contribution is -2.07. The SMILES string of the molecule is COc1ccc(C2CC2COc2cc(NCc3cnc(C)s3)nc(C)n2)nc1. The Morgan fingerprint density at radius 1 is 1.18 bits per heavy atom. The molecule has 1 N–H and O–H groups in total. The van der Waals surface area contributed by atoms with Crippen LogP contribution in [0.4, 0.5) is 5.82 Å². The Kier molecular flexibility index (Phi) is 5.38. The van der Waals surface area contributed by atoms with Crippen LogP contribution in [-0.4, -0.2) is 33.7 Å². The third kappa shape index (κ3) is 4.56. The molecule has 2 atom stereocenters. The molecule has 3 aromatic heterocycles. The molecule has 1 aliphatic rings. The van der Waals surface area contributed by atoms with Gasteiger partial charge in [0.25, 0.3) is 0 Å². The lowest BCUT2D eigenvalue weighted by atomic mass is 10.2. The van der Waals surface area contributed by atoms with Crippen molar-refractivity contribution in [3.8, 4) is 11.6 Å². The molecule has 1 fully saturated rings. The van der Waals surface area contributed by atoms with Crippen LogP contribution in [0.25, 0.3) is 0 Å². The molecule has 3 aromatic rings. The number of methoxy groups -OCH3 is 1. The zero-order chi connectivity index (χ0) is 19.5. The third-order valence-electron chi connectivity index (χ3n) is 4.67. The molecule has 4 rings (SSSR count). The average molecular weight is 398 g/mol. The Hall–Kier alpha value is -2.74. The molecule has 1 saturated carbocycles. The van der Waals surface area contributed by atoms with Crippen molar-refractivity contribution < 1.29 is 9.47 Å². The first-order chi connectivity index (χ1) is 13.6. The summed E-state index contributed by atoms with van der Waals surface area (Å²) >= 11 is 1.68. The lowest BCUT2D eigenvalue weighted by Gasteiger charge is -2.09. The largest absolute Gasteiger partial charge is 0.495 e. The molecular weight excluding hydrogens is 374 g/mol. The second kappa shape index (κ2) is 8.10. The van der Waals surface area contributed by atoms with E-state index in [9.17, 15) is 0 Å². The van der Waals surface area contributed by atoms with Gasteiger partial charge in [-0.15, -0.1) is 11.3 Å². The van der Waals surface area contributed by atoms with Gasteiger partial charge in [0.05, 0.1) is 31.5 Å². The number of rotatable bonds is 8. The molecule has 0 saturated heterocycles. The summed E-state index contributed by atoms with van der Waals surface area (Å²) in [6.45, 7) is 5.19. The number of nitrogens with one attached hydrogen (secondary N) is 1. The van der Waals surface area contributed by atoms with Crippen molar-refractivity contribution in [2.45, 2.75) is 32.7 Å². The molecule has 0 aliphatic heterocycles. The first kappa shape index (κ1) is 18.6. The maximum absolute atomic E-state index is 5.95. The molecule has 0 bridgehead atoms. The second-order valence-corrected chi connectivity index (χ2v) is 8.19. The standard InChI is InChI=1S/C20H23N5O2S/c1-12-24-19(23-10-16-9-21-13(2)28-16)7-20(25-12)27-11-14-6-17(14)18-5-4-15(26-3)8-22-18/h4-5,7-9,14,17H,6,10-11H2,1-3H3,(H,23,24,25). The predicted octanol–water partition coefficient (Wildman–Crippen LogP) is 3.75. The topological polar surface area (TPSA) is 82.0 Å². The number of hydrogen-bond acceptors (Lipinski definition) is 8. The zero-order valence-electron chi connectivity index (χ0n) is 16.2. The highest BCUT2D eigenvalue weighted by molar-refractivity contribution is 7.11. The van der Waals surface area contributed by atoms with E-state index in [-0.39, 0.29) is 0 Å². The summed E-state index contributed by atoms with van der Waals surface area (Å²) in [5.41, 5.74) is 1.09. The van der Waals surface area contributed by atoms with Crippen LogP contribution in [0.2, 0.25) is 0 Å². The van der Waals surface area contributed by atoms with Crippen LogP contribution in [0.15, 0.2) is 30.6 Å². The highest BCUT2D eigenvalue weighted by Gasteiger charge is 2.40. The molecular formula is C20H23N5O2S. The maximum atomic E-state index is 5.95. The fourth-order valence-electron chi connectivity index (χ4n) is 3.09. The van der Waals surface area contributed by atoms with Gasteiger partial charge in [-0.1, -0.05) is 0 Å². The first-order valence-corrected chi connectivity index (χ1v) is 10.1.